The summed E-state index contributed by atoms with van der Waals surface area (Å²) in [7, 11) is 0. The first-order chi connectivity index (χ1) is 18.9. The van der Waals surface area contributed by atoms with Crippen molar-refractivity contribution in [3.63, 3.8) is 0 Å². The van der Waals surface area contributed by atoms with E-state index in [1.807, 2.05) is 28.0 Å². The van der Waals surface area contributed by atoms with Crippen LogP contribution in [0.2, 0.25) is 0 Å². The molecule has 5 heterocycles. The minimum absolute atomic E-state index is 0.0472. The van der Waals surface area contributed by atoms with Crippen molar-refractivity contribution in [3.05, 3.63) is 68.5 Å². The fourth-order valence-corrected chi connectivity index (χ4v) is 5.52. The predicted molar refractivity (Wildman–Crippen MR) is 139 cm³/mol. The lowest BCUT2D eigenvalue weighted by molar-refractivity contribution is -0.402. The number of carbonyl (C=O) groups is 3. The maximum absolute atomic E-state index is 13.1. The molecule has 0 spiro atoms. The van der Waals surface area contributed by atoms with Gasteiger partial charge in [-0.05, 0) is 31.0 Å². The van der Waals surface area contributed by atoms with Gasteiger partial charge in [0.05, 0.1) is 11.1 Å². The molecule has 0 atom stereocenters. The summed E-state index contributed by atoms with van der Waals surface area (Å²) >= 11 is 1.35. The number of rotatable bonds is 5. The van der Waals surface area contributed by atoms with Crippen LogP contribution in [-0.2, 0) is 0 Å². The second kappa shape index (κ2) is 11.5. The van der Waals surface area contributed by atoms with Crippen molar-refractivity contribution in [2.24, 2.45) is 0 Å². The molecular weight excluding hydrogens is 528 g/mol. The van der Waals surface area contributed by atoms with Gasteiger partial charge in [0.1, 0.15) is 16.4 Å². The summed E-state index contributed by atoms with van der Waals surface area (Å²) in [6, 6.07) is 8.05. The second-order valence-corrected chi connectivity index (χ2v) is 9.97. The van der Waals surface area contributed by atoms with Gasteiger partial charge in [-0.25, -0.2) is 14.8 Å². The van der Waals surface area contributed by atoms with Gasteiger partial charge in [0.2, 0.25) is 5.76 Å². The van der Waals surface area contributed by atoms with E-state index in [1.54, 1.807) is 11.6 Å². The van der Waals surface area contributed by atoms with Crippen LogP contribution in [0.1, 0.15) is 44.8 Å². The highest BCUT2D eigenvalue weighted by atomic mass is 32.1. The van der Waals surface area contributed by atoms with Gasteiger partial charge in [0, 0.05) is 56.8 Å². The lowest BCUT2D eigenvalue weighted by Gasteiger charge is -2.39. The minimum atomic E-state index is -0.831. The van der Waals surface area contributed by atoms with E-state index in [2.05, 4.69) is 25.7 Å². The van der Waals surface area contributed by atoms with Crippen LogP contribution in [0.3, 0.4) is 0 Å². The molecule has 2 saturated heterocycles. The number of urea groups is 1. The van der Waals surface area contributed by atoms with Crippen LogP contribution < -0.4 is 15.8 Å². The maximum Gasteiger partial charge on any atom is 0.433 e. The number of aromatic nitrogens is 2. The van der Waals surface area contributed by atoms with Crippen LogP contribution in [0, 0.1) is 10.1 Å². The Bertz CT molecular complexity index is 1350. The summed E-state index contributed by atoms with van der Waals surface area (Å²) in [5.74, 6) is -1.29. The molecule has 5 rings (SSSR count). The third-order valence-corrected chi connectivity index (χ3v) is 7.69. The van der Waals surface area contributed by atoms with E-state index in [0.29, 0.717) is 26.2 Å². The smallest absolute Gasteiger partial charge is 0.395 e. The molecule has 2 fully saturated rings. The minimum Gasteiger partial charge on any atom is -0.395 e. The van der Waals surface area contributed by atoms with Crippen LogP contribution in [-0.4, -0.2) is 81.8 Å². The summed E-state index contributed by atoms with van der Waals surface area (Å²) < 4.78 is 4.80. The number of nitro groups is 1. The SMILES string of the molecule is O=C(NNC(=O)c1ccc([N+](=O)[O-])o1)c1csc(C2CCN(C(=O)N3CCN(c4ccccn4)CC3)CC2)n1. The average Bonchev–Trinajstić information content (AvgIpc) is 3.67. The third-order valence-electron chi connectivity index (χ3n) is 6.68. The Labute approximate surface area is 226 Å². The number of hydrogen-bond donors (Lipinski definition) is 2. The Morgan fingerprint density at radius 3 is 2.36 bits per heavy atom. The predicted octanol–water partition coefficient (Wildman–Crippen LogP) is 2.24. The molecule has 15 heteroatoms. The number of carbonyl (C=O) groups excluding carboxylic acids is 3. The Hall–Kier alpha value is -4.53. The Balaban J connectivity index is 1.07. The molecule has 0 unspecified atom stereocenters. The molecule has 0 radical (unpaired) electrons. The van der Waals surface area contributed by atoms with E-state index in [-0.39, 0.29) is 23.4 Å². The number of amides is 4. The first kappa shape index (κ1) is 26.1. The van der Waals surface area contributed by atoms with Crippen molar-refractivity contribution in [1.82, 2.24) is 30.6 Å². The normalized spacial score (nSPS) is 16.2. The molecule has 14 nitrogen and oxygen atoms in total. The molecule has 0 bridgehead atoms. The number of likely N-dealkylation sites (tertiary alicyclic amines) is 1. The Morgan fingerprint density at radius 2 is 1.69 bits per heavy atom. The van der Waals surface area contributed by atoms with Crippen molar-refractivity contribution in [1.29, 1.82) is 0 Å². The molecule has 39 heavy (non-hydrogen) atoms. The number of piperazine rings is 1. The van der Waals surface area contributed by atoms with Crippen LogP contribution in [0.4, 0.5) is 16.5 Å². The van der Waals surface area contributed by atoms with Crippen molar-refractivity contribution < 1.29 is 23.7 Å². The zero-order valence-electron chi connectivity index (χ0n) is 20.8. The van der Waals surface area contributed by atoms with Crippen molar-refractivity contribution in [2.45, 2.75) is 18.8 Å². The van der Waals surface area contributed by atoms with Crippen molar-refractivity contribution in [2.75, 3.05) is 44.2 Å². The number of furan rings is 1. The number of pyridine rings is 1. The van der Waals surface area contributed by atoms with Crippen molar-refractivity contribution >= 4 is 40.9 Å². The number of anilines is 1. The standard InChI is InChI=1S/C24H26N8O6S/c33-21(27-28-22(34)18-4-5-20(38-18)32(36)37)17-15-39-23(26-17)16-6-9-30(10-7-16)24(35)31-13-11-29(12-14-31)19-3-1-2-8-25-19/h1-5,8,15-16H,6-7,9-14H2,(H,27,33)(H,28,34). The molecule has 2 N–H and O–H groups in total. The largest absolute Gasteiger partial charge is 0.433 e. The second-order valence-electron chi connectivity index (χ2n) is 9.08. The third kappa shape index (κ3) is 5.98. The van der Waals surface area contributed by atoms with E-state index in [1.165, 1.54) is 11.3 Å². The van der Waals surface area contributed by atoms with Gasteiger partial charge < -0.3 is 19.1 Å². The molecule has 204 valence electrons. The molecule has 0 aromatic carbocycles. The molecule has 0 saturated carbocycles. The zero-order chi connectivity index (χ0) is 27.4. The van der Waals surface area contributed by atoms with Crippen molar-refractivity contribution in [3.8, 4) is 0 Å². The summed E-state index contributed by atoms with van der Waals surface area (Å²) in [5.41, 5.74) is 4.53. The van der Waals surface area contributed by atoms with Gasteiger partial charge >= 0.3 is 17.8 Å². The highest BCUT2D eigenvalue weighted by Crippen LogP contribution is 2.31. The highest BCUT2D eigenvalue weighted by molar-refractivity contribution is 7.09. The van der Waals surface area contributed by atoms with E-state index >= 15 is 0 Å². The molecule has 2 aliphatic heterocycles. The lowest BCUT2D eigenvalue weighted by Crippen LogP contribution is -2.54. The van der Waals surface area contributed by atoms with Crippen LogP contribution in [0.25, 0.3) is 0 Å². The molecule has 3 aromatic heterocycles. The topological polar surface area (TPSA) is 167 Å². The summed E-state index contributed by atoms with van der Waals surface area (Å²) in [6.45, 7) is 3.99. The number of hydrogen-bond acceptors (Lipinski definition) is 10. The number of hydrazine groups is 1. The fraction of sp³-hybridized carbons (Fsp3) is 0.375. The number of piperidine rings is 1. The average molecular weight is 555 g/mol. The lowest BCUT2D eigenvalue weighted by atomic mass is 9.98. The van der Waals surface area contributed by atoms with Crippen LogP contribution >= 0.6 is 11.3 Å². The Morgan fingerprint density at radius 1 is 0.974 bits per heavy atom. The first-order valence-electron chi connectivity index (χ1n) is 12.4. The molecule has 4 amide bonds. The summed E-state index contributed by atoms with van der Waals surface area (Å²) in [6.07, 6.45) is 3.25. The van der Waals surface area contributed by atoms with Gasteiger partial charge in [0.15, 0.2) is 0 Å². The van der Waals surface area contributed by atoms with Gasteiger partial charge in [0.25, 0.3) is 5.91 Å². The molecule has 3 aromatic rings. The number of nitrogens with one attached hydrogen (secondary N) is 2. The maximum atomic E-state index is 13.1. The molecule has 0 aliphatic carbocycles. The van der Waals surface area contributed by atoms with E-state index in [9.17, 15) is 24.5 Å². The molecule has 2 aliphatic rings. The van der Waals surface area contributed by atoms with Gasteiger partial charge in [-0.1, -0.05) is 6.07 Å². The van der Waals surface area contributed by atoms with E-state index in [4.69, 9.17) is 4.42 Å². The van der Waals surface area contributed by atoms with Crippen LogP contribution in [0.15, 0.2) is 46.3 Å². The summed E-state index contributed by atoms with van der Waals surface area (Å²) in [4.78, 5) is 62.2. The quantitative estimate of drug-likeness (QED) is 0.355. The Kier molecular flexibility index (Phi) is 7.67. The van der Waals surface area contributed by atoms with Crippen LogP contribution in [0.5, 0.6) is 0 Å². The van der Waals surface area contributed by atoms with Gasteiger partial charge in [-0.2, -0.15) is 0 Å². The number of thiazole rings is 1. The van der Waals surface area contributed by atoms with Gasteiger partial charge in [-0.15, -0.1) is 11.3 Å². The first-order valence-corrected chi connectivity index (χ1v) is 13.3. The molecular formula is C24H26N8O6S. The zero-order valence-corrected chi connectivity index (χ0v) is 21.6. The summed E-state index contributed by atoms with van der Waals surface area (Å²) in [5, 5.41) is 13.1. The number of nitrogens with zero attached hydrogens (tertiary/aromatic N) is 6. The highest BCUT2D eigenvalue weighted by Gasteiger charge is 2.30. The van der Waals surface area contributed by atoms with Gasteiger partial charge in [-0.3, -0.25) is 30.6 Å². The monoisotopic (exact) mass is 554 g/mol. The van der Waals surface area contributed by atoms with E-state index < -0.39 is 22.6 Å². The van der Waals surface area contributed by atoms with E-state index in [0.717, 1.165) is 48.9 Å². The fourth-order valence-electron chi connectivity index (χ4n) is 4.55.